The molecule has 1 N–H and O–H groups in total. The van der Waals surface area contributed by atoms with Gasteiger partial charge in [0.25, 0.3) is 5.56 Å². The first-order valence-corrected chi connectivity index (χ1v) is 11.6. The van der Waals surface area contributed by atoms with E-state index >= 15 is 0 Å². The van der Waals surface area contributed by atoms with E-state index < -0.39 is 0 Å². The number of nitrogens with zero attached hydrogens (tertiary/aromatic N) is 2. The highest BCUT2D eigenvalue weighted by atomic mass is 16.5. The number of hydrogen-bond acceptors (Lipinski definition) is 4. The summed E-state index contributed by atoms with van der Waals surface area (Å²) in [5.74, 6) is 0.593. The summed E-state index contributed by atoms with van der Waals surface area (Å²) in [6.45, 7) is 10.4. The Kier molecular flexibility index (Phi) is 7.05. The average molecular weight is 432 g/mol. The minimum atomic E-state index is 0.0456. The fourth-order valence-corrected chi connectivity index (χ4v) is 4.78. The van der Waals surface area contributed by atoms with Gasteiger partial charge in [0.05, 0.1) is 23.8 Å². The largest absolute Gasteiger partial charge is 0.391 e. The predicted octanol–water partition coefficient (Wildman–Crippen LogP) is 5.01. The summed E-state index contributed by atoms with van der Waals surface area (Å²) < 4.78 is 7.42. The number of aromatic nitrogens is 2. The fraction of sp³-hybridized carbons (Fsp3) is 0.407. The van der Waals surface area contributed by atoms with Crippen molar-refractivity contribution in [2.75, 3.05) is 19.8 Å². The summed E-state index contributed by atoms with van der Waals surface area (Å²) in [5, 5.41) is 6.16. The third-order valence-corrected chi connectivity index (χ3v) is 6.47. The van der Waals surface area contributed by atoms with Gasteiger partial charge in [0, 0.05) is 30.5 Å². The Morgan fingerprint density at radius 3 is 2.88 bits per heavy atom. The van der Waals surface area contributed by atoms with Gasteiger partial charge in [-0.2, -0.15) is 0 Å². The van der Waals surface area contributed by atoms with E-state index in [-0.39, 0.29) is 17.5 Å². The Morgan fingerprint density at radius 1 is 1.31 bits per heavy atom. The smallest absolute Gasteiger partial charge is 0.261 e. The van der Waals surface area contributed by atoms with Crippen molar-refractivity contribution in [2.24, 2.45) is 11.8 Å². The Hall–Kier alpha value is -2.92. The molecule has 1 aromatic heterocycles. The van der Waals surface area contributed by atoms with Gasteiger partial charge in [-0.25, -0.2) is 4.98 Å². The topological polar surface area (TPSA) is 56.2 Å². The maximum Gasteiger partial charge on any atom is 0.261 e. The molecule has 168 valence electrons. The molecule has 32 heavy (non-hydrogen) atoms. The van der Waals surface area contributed by atoms with E-state index in [9.17, 15) is 4.79 Å². The van der Waals surface area contributed by atoms with Crippen LogP contribution in [0.4, 0.5) is 0 Å². The fourth-order valence-electron chi connectivity index (χ4n) is 4.78. The van der Waals surface area contributed by atoms with Gasteiger partial charge in [-0.3, -0.25) is 9.36 Å². The molecule has 5 heteroatoms. The van der Waals surface area contributed by atoms with Crippen LogP contribution >= 0.6 is 0 Å². The molecule has 3 aromatic rings. The molecule has 1 aliphatic heterocycles. The second kappa shape index (κ2) is 10.1. The van der Waals surface area contributed by atoms with Crippen LogP contribution in [-0.2, 0) is 11.2 Å². The number of ether oxygens (including phenoxy) is 1. The summed E-state index contributed by atoms with van der Waals surface area (Å²) in [4.78, 5) is 18.4. The van der Waals surface area contributed by atoms with Gasteiger partial charge in [-0.15, -0.1) is 6.58 Å². The highest BCUT2D eigenvalue weighted by molar-refractivity contribution is 6.06. The first-order valence-electron chi connectivity index (χ1n) is 11.6. The highest BCUT2D eigenvalue weighted by Gasteiger charge is 2.25. The normalized spacial score (nSPS) is 20.1. The van der Waals surface area contributed by atoms with Crippen LogP contribution in [0.15, 0.2) is 66.4 Å². The van der Waals surface area contributed by atoms with Crippen molar-refractivity contribution in [3.8, 4) is 0 Å². The first-order chi connectivity index (χ1) is 15.6. The molecule has 0 spiro atoms. The number of benzene rings is 2. The maximum atomic E-state index is 13.6. The standard InChI is InChI=1S/C27H33N3O2/c1-4-8-20(11-13-28-5-2)15-21-16-24-26(23-10-7-6-9-22(21)23)29-18-30(27(24)31)25-12-14-32-17-19(25)3/h4,6-7,9-11,13,16,18-20,25,28H,1,5,8,12,14-15,17H2,2-3H3/b13-11+. The van der Waals surface area contributed by atoms with Crippen LogP contribution in [-0.4, -0.2) is 29.3 Å². The highest BCUT2D eigenvalue weighted by Crippen LogP contribution is 2.30. The Balaban J connectivity index is 1.83. The summed E-state index contributed by atoms with van der Waals surface area (Å²) in [6.07, 6.45) is 10.5. The quantitative estimate of drug-likeness (QED) is 0.403. The van der Waals surface area contributed by atoms with Gasteiger partial charge in [0.1, 0.15) is 0 Å². The molecule has 3 unspecified atom stereocenters. The minimum absolute atomic E-state index is 0.0456. The van der Waals surface area contributed by atoms with Crippen molar-refractivity contribution in [3.63, 3.8) is 0 Å². The molecule has 0 amide bonds. The van der Waals surface area contributed by atoms with Crippen molar-refractivity contribution in [1.29, 1.82) is 0 Å². The van der Waals surface area contributed by atoms with Gasteiger partial charge in [-0.05, 0) is 55.3 Å². The summed E-state index contributed by atoms with van der Waals surface area (Å²) in [6, 6.07) is 10.5. The lowest BCUT2D eigenvalue weighted by Gasteiger charge is -2.30. The molecular formula is C27H33N3O2. The van der Waals surface area contributed by atoms with E-state index in [2.05, 4.69) is 56.1 Å². The number of allylic oxidation sites excluding steroid dienone is 2. The van der Waals surface area contributed by atoms with E-state index in [1.807, 2.05) is 22.9 Å². The molecular weight excluding hydrogens is 398 g/mol. The first kappa shape index (κ1) is 22.3. The second-order valence-corrected chi connectivity index (χ2v) is 8.75. The third-order valence-electron chi connectivity index (χ3n) is 6.47. The van der Waals surface area contributed by atoms with Crippen LogP contribution in [0, 0.1) is 11.8 Å². The van der Waals surface area contributed by atoms with E-state index in [4.69, 9.17) is 9.72 Å². The van der Waals surface area contributed by atoms with Crippen molar-refractivity contribution in [2.45, 2.75) is 39.2 Å². The number of rotatable bonds is 8. The molecule has 0 bridgehead atoms. The molecule has 0 radical (unpaired) electrons. The van der Waals surface area contributed by atoms with E-state index in [1.54, 1.807) is 6.33 Å². The Labute approximate surface area is 189 Å². The Bertz CT molecular complexity index is 1180. The molecule has 0 saturated carbocycles. The molecule has 4 rings (SSSR count). The zero-order valence-electron chi connectivity index (χ0n) is 19.1. The SMILES string of the molecule is C=CCC(/C=C/NCC)Cc1cc2c(=O)n(C3CCOCC3C)cnc2c2ccccc12. The van der Waals surface area contributed by atoms with Crippen LogP contribution in [0.3, 0.4) is 0 Å². The van der Waals surface area contributed by atoms with E-state index in [1.165, 1.54) is 5.56 Å². The van der Waals surface area contributed by atoms with Gasteiger partial charge >= 0.3 is 0 Å². The van der Waals surface area contributed by atoms with Crippen LogP contribution in [0.25, 0.3) is 21.7 Å². The van der Waals surface area contributed by atoms with Gasteiger partial charge in [0.2, 0.25) is 0 Å². The van der Waals surface area contributed by atoms with Crippen LogP contribution < -0.4 is 10.9 Å². The Morgan fingerprint density at radius 2 is 2.12 bits per heavy atom. The molecule has 1 aliphatic rings. The molecule has 2 aromatic carbocycles. The summed E-state index contributed by atoms with van der Waals surface area (Å²) >= 11 is 0. The molecule has 3 atom stereocenters. The lowest BCUT2D eigenvalue weighted by Crippen LogP contribution is -2.34. The van der Waals surface area contributed by atoms with Crippen molar-refractivity contribution < 1.29 is 4.74 Å². The van der Waals surface area contributed by atoms with Gasteiger partial charge < -0.3 is 10.1 Å². The third kappa shape index (κ3) is 4.49. The molecule has 1 saturated heterocycles. The number of nitrogens with one attached hydrogen (secondary N) is 1. The summed E-state index contributed by atoms with van der Waals surface area (Å²) in [7, 11) is 0. The van der Waals surface area contributed by atoms with Crippen molar-refractivity contribution in [3.05, 3.63) is 77.5 Å². The monoisotopic (exact) mass is 431 g/mol. The zero-order chi connectivity index (χ0) is 22.5. The lowest BCUT2D eigenvalue weighted by atomic mass is 9.91. The summed E-state index contributed by atoms with van der Waals surface area (Å²) in [5.41, 5.74) is 2.01. The van der Waals surface area contributed by atoms with Crippen LogP contribution in [0.2, 0.25) is 0 Å². The van der Waals surface area contributed by atoms with Crippen molar-refractivity contribution >= 4 is 21.7 Å². The van der Waals surface area contributed by atoms with E-state index in [0.29, 0.717) is 24.5 Å². The number of hydrogen-bond donors (Lipinski definition) is 1. The molecule has 0 aliphatic carbocycles. The number of fused-ring (bicyclic) bond motifs is 3. The second-order valence-electron chi connectivity index (χ2n) is 8.75. The molecule has 1 fully saturated rings. The average Bonchev–Trinajstić information content (AvgIpc) is 2.81. The van der Waals surface area contributed by atoms with Gasteiger partial charge in [-0.1, -0.05) is 43.3 Å². The lowest BCUT2D eigenvalue weighted by molar-refractivity contribution is 0.0275. The van der Waals surface area contributed by atoms with E-state index in [0.717, 1.165) is 42.1 Å². The predicted molar refractivity (Wildman–Crippen MR) is 132 cm³/mol. The van der Waals surface area contributed by atoms with Crippen LogP contribution in [0.5, 0.6) is 0 Å². The molecule has 5 nitrogen and oxygen atoms in total. The van der Waals surface area contributed by atoms with Crippen molar-refractivity contribution in [1.82, 2.24) is 14.9 Å². The van der Waals surface area contributed by atoms with Crippen LogP contribution in [0.1, 0.15) is 38.3 Å². The van der Waals surface area contributed by atoms with Gasteiger partial charge in [0.15, 0.2) is 0 Å². The maximum absolute atomic E-state index is 13.6. The molecule has 2 heterocycles. The minimum Gasteiger partial charge on any atom is -0.391 e. The zero-order valence-corrected chi connectivity index (χ0v) is 19.1.